The van der Waals surface area contributed by atoms with Gasteiger partial charge in [0.1, 0.15) is 11.6 Å². The maximum absolute atomic E-state index is 13.0. The maximum Gasteiger partial charge on any atom is 0.267 e. The molecule has 0 unspecified atom stereocenters. The fourth-order valence-corrected chi connectivity index (χ4v) is 2.31. The number of halogens is 1. The molecule has 0 amide bonds. The number of H-pyrrole nitrogens is 1. The average Bonchev–Trinajstić information content (AvgIpc) is 2.59. The van der Waals surface area contributed by atoms with Gasteiger partial charge in [-0.1, -0.05) is 12.1 Å². The fourth-order valence-electron chi connectivity index (χ4n) is 2.31. The highest BCUT2D eigenvalue weighted by atomic mass is 19.1. The number of nitrogens with one attached hydrogen (secondary N) is 1. The van der Waals surface area contributed by atoms with Crippen molar-refractivity contribution in [1.82, 2.24) is 10.2 Å². The van der Waals surface area contributed by atoms with E-state index in [-0.39, 0.29) is 11.4 Å². The number of rotatable bonds is 4. The Kier molecular flexibility index (Phi) is 4.19. The maximum atomic E-state index is 13.0. The lowest BCUT2D eigenvalue weighted by Gasteiger charge is -2.05. The number of methoxy groups -OCH3 is 1. The summed E-state index contributed by atoms with van der Waals surface area (Å²) in [5, 5.41) is 6.60. The highest BCUT2D eigenvalue weighted by molar-refractivity contribution is 5.60. The lowest BCUT2D eigenvalue weighted by molar-refractivity contribution is 0.415. The summed E-state index contributed by atoms with van der Waals surface area (Å²) in [5.41, 5.74) is 2.75. The summed E-state index contributed by atoms with van der Waals surface area (Å²) in [4.78, 5) is 12.0. The number of aromatic amines is 1. The molecule has 4 nitrogen and oxygen atoms in total. The molecule has 0 radical (unpaired) electrons. The van der Waals surface area contributed by atoms with Gasteiger partial charge in [0.2, 0.25) is 0 Å². The summed E-state index contributed by atoms with van der Waals surface area (Å²) >= 11 is 0. The van der Waals surface area contributed by atoms with Crippen molar-refractivity contribution in [3.8, 4) is 17.0 Å². The Morgan fingerprint density at radius 1 is 1.09 bits per heavy atom. The molecule has 0 atom stereocenters. The van der Waals surface area contributed by atoms with Crippen LogP contribution in [0.15, 0.2) is 59.4 Å². The molecule has 0 aliphatic carbocycles. The van der Waals surface area contributed by atoms with Crippen LogP contribution in [0.5, 0.6) is 5.75 Å². The smallest absolute Gasteiger partial charge is 0.267 e. The second kappa shape index (κ2) is 6.44. The van der Waals surface area contributed by atoms with Crippen LogP contribution in [0.3, 0.4) is 0 Å². The normalized spacial score (nSPS) is 10.5. The molecule has 0 spiro atoms. The van der Waals surface area contributed by atoms with Crippen LogP contribution in [0, 0.1) is 5.82 Å². The Bertz CT molecular complexity index is 855. The van der Waals surface area contributed by atoms with Crippen LogP contribution in [0.2, 0.25) is 0 Å². The molecule has 0 aliphatic heterocycles. The van der Waals surface area contributed by atoms with E-state index in [1.165, 1.54) is 12.1 Å². The molecule has 0 aliphatic rings. The zero-order valence-electron chi connectivity index (χ0n) is 12.5. The Morgan fingerprint density at radius 3 is 2.43 bits per heavy atom. The van der Waals surface area contributed by atoms with Gasteiger partial charge in [0.25, 0.3) is 5.56 Å². The topological polar surface area (TPSA) is 55.0 Å². The summed E-state index contributed by atoms with van der Waals surface area (Å²) < 4.78 is 18.1. The Morgan fingerprint density at radius 2 is 1.78 bits per heavy atom. The number of ether oxygens (including phenoxy) is 1. The molecule has 0 saturated heterocycles. The third-order valence-electron chi connectivity index (χ3n) is 3.57. The highest BCUT2D eigenvalue weighted by Gasteiger charge is 2.07. The van der Waals surface area contributed by atoms with E-state index in [4.69, 9.17) is 4.74 Å². The lowest BCUT2D eigenvalue weighted by Crippen LogP contribution is -2.15. The third-order valence-corrected chi connectivity index (χ3v) is 3.57. The third kappa shape index (κ3) is 3.45. The minimum absolute atomic E-state index is 0.244. The lowest BCUT2D eigenvalue weighted by atomic mass is 10.0. The largest absolute Gasteiger partial charge is 0.497 e. The first-order valence-corrected chi connectivity index (χ1v) is 7.13. The number of hydrogen-bond donors (Lipinski definition) is 1. The van der Waals surface area contributed by atoms with Crippen molar-refractivity contribution in [3.05, 3.63) is 81.9 Å². The molecule has 5 heteroatoms. The van der Waals surface area contributed by atoms with Gasteiger partial charge < -0.3 is 4.74 Å². The van der Waals surface area contributed by atoms with Gasteiger partial charge in [-0.05, 0) is 48.0 Å². The fraction of sp³-hybridized carbons (Fsp3) is 0.111. The van der Waals surface area contributed by atoms with Gasteiger partial charge in [-0.3, -0.25) is 4.79 Å². The first-order chi connectivity index (χ1) is 11.2. The SMILES string of the molecule is COc1ccc(-c2cc(Cc3ccc(F)cc3)c(=O)[nH]n2)cc1. The van der Waals surface area contributed by atoms with E-state index >= 15 is 0 Å². The first kappa shape index (κ1) is 15.0. The quantitative estimate of drug-likeness (QED) is 0.805. The van der Waals surface area contributed by atoms with E-state index in [0.717, 1.165) is 16.9 Å². The highest BCUT2D eigenvalue weighted by Crippen LogP contribution is 2.20. The Balaban J connectivity index is 1.91. The zero-order chi connectivity index (χ0) is 16.2. The van der Waals surface area contributed by atoms with E-state index in [0.29, 0.717) is 17.7 Å². The summed E-state index contributed by atoms with van der Waals surface area (Å²) in [5.74, 6) is 0.459. The number of aromatic nitrogens is 2. The van der Waals surface area contributed by atoms with Gasteiger partial charge in [-0.2, -0.15) is 5.10 Å². The second-order valence-electron chi connectivity index (χ2n) is 5.14. The monoisotopic (exact) mass is 310 g/mol. The number of nitrogens with zero attached hydrogens (tertiary/aromatic N) is 1. The predicted molar refractivity (Wildman–Crippen MR) is 86.1 cm³/mol. The molecule has 3 rings (SSSR count). The number of benzene rings is 2. The van der Waals surface area contributed by atoms with Crippen molar-refractivity contribution in [2.45, 2.75) is 6.42 Å². The van der Waals surface area contributed by atoms with Gasteiger partial charge in [0.05, 0.1) is 12.8 Å². The van der Waals surface area contributed by atoms with Crippen molar-refractivity contribution < 1.29 is 9.13 Å². The molecule has 1 N–H and O–H groups in total. The first-order valence-electron chi connectivity index (χ1n) is 7.13. The van der Waals surface area contributed by atoms with Crippen LogP contribution in [0.1, 0.15) is 11.1 Å². The molecule has 1 aromatic heterocycles. The number of hydrogen-bond acceptors (Lipinski definition) is 3. The van der Waals surface area contributed by atoms with E-state index in [9.17, 15) is 9.18 Å². The van der Waals surface area contributed by atoms with Gasteiger partial charge in [0, 0.05) is 17.5 Å². The van der Waals surface area contributed by atoms with Gasteiger partial charge >= 0.3 is 0 Å². The van der Waals surface area contributed by atoms with E-state index in [2.05, 4.69) is 10.2 Å². The molecule has 0 fully saturated rings. The zero-order valence-corrected chi connectivity index (χ0v) is 12.5. The van der Waals surface area contributed by atoms with E-state index < -0.39 is 0 Å². The molecule has 0 saturated carbocycles. The van der Waals surface area contributed by atoms with Gasteiger partial charge in [-0.15, -0.1) is 0 Å². The summed E-state index contributed by atoms with van der Waals surface area (Å²) in [6, 6.07) is 15.3. The summed E-state index contributed by atoms with van der Waals surface area (Å²) in [6.45, 7) is 0. The van der Waals surface area contributed by atoms with Gasteiger partial charge in [-0.25, -0.2) is 9.49 Å². The van der Waals surface area contributed by atoms with Crippen LogP contribution >= 0.6 is 0 Å². The molecule has 1 heterocycles. The van der Waals surface area contributed by atoms with Crippen molar-refractivity contribution >= 4 is 0 Å². The predicted octanol–water partition coefficient (Wildman–Crippen LogP) is 3.18. The van der Waals surface area contributed by atoms with E-state index in [1.54, 1.807) is 25.3 Å². The van der Waals surface area contributed by atoms with Crippen molar-refractivity contribution in [1.29, 1.82) is 0 Å². The molecule has 116 valence electrons. The standard InChI is InChI=1S/C18H15FN2O2/c1-23-16-8-4-13(5-9-16)17-11-14(18(22)21-20-17)10-12-2-6-15(19)7-3-12/h2-9,11H,10H2,1H3,(H,21,22). The minimum atomic E-state index is -0.295. The van der Waals surface area contributed by atoms with E-state index in [1.807, 2.05) is 24.3 Å². The molecular formula is C18H15FN2O2. The van der Waals surface area contributed by atoms with Crippen LogP contribution in [0.25, 0.3) is 11.3 Å². The van der Waals surface area contributed by atoms with Gasteiger partial charge in [0.15, 0.2) is 0 Å². The van der Waals surface area contributed by atoms with Crippen LogP contribution in [-0.4, -0.2) is 17.3 Å². The molecule has 23 heavy (non-hydrogen) atoms. The van der Waals surface area contributed by atoms with Crippen molar-refractivity contribution in [2.24, 2.45) is 0 Å². The van der Waals surface area contributed by atoms with Crippen molar-refractivity contribution in [2.75, 3.05) is 7.11 Å². The minimum Gasteiger partial charge on any atom is -0.497 e. The van der Waals surface area contributed by atoms with Crippen LogP contribution < -0.4 is 10.3 Å². The molecule has 2 aromatic carbocycles. The summed E-state index contributed by atoms with van der Waals surface area (Å²) in [6.07, 6.45) is 0.418. The van der Waals surface area contributed by atoms with Crippen LogP contribution in [0.4, 0.5) is 4.39 Å². The molecular weight excluding hydrogens is 295 g/mol. The molecule has 0 bridgehead atoms. The van der Waals surface area contributed by atoms with Crippen molar-refractivity contribution in [3.63, 3.8) is 0 Å². The molecule has 3 aromatic rings. The van der Waals surface area contributed by atoms with Crippen LogP contribution in [-0.2, 0) is 6.42 Å². The Labute approximate surface area is 132 Å². The second-order valence-corrected chi connectivity index (χ2v) is 5.14. The Hall–Kier alpha value is -2.95. The summed E-state index contributed by atoms with van der Waals surface area (Å²) in [7, 11) is 1.61. The average molecular weight is 310 g/mol.